The molecule has 0 aliphatic carbocycles. The Morgan fingerprint density at radius 2 is 1.78 bits per heavy atom. The van der Waals surface area contributed by atoms with Gasteiger partial charge in [0, 0.05) is 16.6 Å². The highest BCUT2D eigenvalue weighted by atomic mass is 32.1. The lowest BCUT2D eigenvalue weighted by Gasteiger charge is -2.06. The molecule has 7 heteroatoms. The average molecular weight is 381 g/mol. The van der Waals surface area contributed by atoms with Crippen LogP contribution in [-0.2, 0) is 11.2 Å². The lowest BCUT2D eigenvalue weighted by atomic mass is 10.2. The van der Waals surface area contributed by atoms with Crippen LogP contribution in [0.25, 0.3) is 0 Å². The molecule has 1 heterocycles. The molecule has 2 N–H and O–H groups in total. The van der Waals surface area contributed by atoms with Crippen molar-refractivity contribution in [2.24, 2.45) is 0 Å². The third-order valence-electron chi connectivity index (χ3n) is 3.60. The summed E-state index contributed by atoms with van der Waals surface area (Å²) in [6, 6.07) is 16.1. The fourth-order valence-corrected chi connectivity index (χ4v) is 3.08. The maximum Gasteiger partial charge on any atom is 0.257 e. The van der Waals surface area contributed by atoms with E-state index in [-0.39, 0.29) is 18.2 Å². The van der Waals surface area contributed by atoms with Crippen LogP contribution in [0.1, 0.15) is 23.0 Å². The number of carbonyl (C=O) groups is 2. The van der Waals surface area contributed by atoms with Crippen molar-refractivity contribution < 1.29 is 14.3 Å². The smallest absolute Gasteiger partial charge is 0.257 e. The molecule has 138 valence electrons. The number of thiazole rings is 1. The van der Waals surface area contributed by atoms with Gasteiger partial charge in [-0.1, -0.05) is 18.2 Å². The molecule has 0 fully saturated rings. The van der Waals surface area contributed by atoms with E-state index in [0.29, 0.717) is 28.7 Å². The molecule has 0 saturated carbocycles. The van der Waals surface area contributed by atoms with Crippen molar-refractivity contribution in [1.82, 2.24) is 4.98 Å². The maximum absolute atomic E-state index is 12.2. The summed E-state index contributed by atoms with van der Waals surface area (Å²) in [7, 11) is 0. The Balaban J connectivity index is 1.54. The Labute approximate surface area is 161 Å². The molecule has 0 spiro atoms. The van der Waals surface area contributed by atoms with Gasteiger partial charge in [0.05, 0.1) is 18.7 Å². The lowest BCUT2D eigenvalue weighted by molar-refractivity contribution is -0.115. The number of ether oxygens (including phenoxy) is 1. The quantitative estimate of drug-likeness (QED) is 0.649. The van der Waals surface area contributed by atoms with Gasteiger partial charge in [0.2, 0.25) is 5.91 Å². The van der Waals surface area contributed by atoms with E-state index >= 15 is 0 Å². The molecule has 1 aromatic heterocycles. The van der Waals surface area contributed by atoms with Gasteiger partial charge in [0.1, 0.15) is 5.75 Å². The molecule has 0 aliphatic heterocycles. The van der Waals surface area contributed by atoms with Crippen molar-refractivity contribution in [2.75, 3.05) is 17.2 Å². The number of hydrogen-bond acceptors (Lipinski definition) is 5. The van der Waals surface area contributed by atoms with E-state index in [4.69, 9.17) is 4.74 Å². The molecule has 0 atom stereocenters. The number of amides is 2. The van der Waals surface area contributed by atoms with Crippen molar-refractivity contribution in [3.8, 4) is 5.75 Å². The lowest BCUT2D eigenvalue weighted by Crippen LogP contribution is -2.15. The normalized spacial score (nSPS) is 10.3. The van der Waals surface area contributed by atoms with Crippen LogP contribution >= 0.6 is 11.3 Å². The number of nitrogens with zero attached hydrogens (tertiary/aromatic N) is 1. The molecular weight excluding hydrogens is 362 g/mol. The largest absolute Gasteiger partial charge is 0.494 e. The first-order chi connectivity index (χ1) is 13.1. The van der Waals surface area contributed by atoms with Gasteiger partial charge in [-0.25, -0.2) is 4.98 Å². The fourth-order valence-electron chi connectivity index (χ4n) is 2.38. The maximum atomic E-state index is 12.2. The number of hydrogen-bond donors (Lipinski definition) is 2. The number of aromatic nitrogens is 1. The summed E-state index contributed by atoms with van der Waals surface area (Å²) in [6.07, 6.45) is 0.130. The number of anilines is 2. The van der Waals surface area contributed by atoms with Crippen molar-refractivity contribution in [3.05, 3.63) is 71.2 Å². The van der Waals surface area contributed by atoms with Crippen molar-refractivity contribution in [2.45, 2.75) is 13.3 Å². The Bertz CT molecular complexity index is 908. The highest BCUT2D eigenvalue weighted by molar-refractivity contribution is 7.14. The van der Waals surface area contributed by atoms with Crippen LogP contribution in [0.2, 0.25) is 0 Å². The molecule has 0 radical (unpaired) electrons. The van der Waals surface area contributed by atoms with Crippen molar-refractivity contribution in [1.29, 1.82) is 0 Å². The molecular formula is C20H19N3O3S. The molecule has 0 bridgehead atoms. The molecule has 2 aromatic carbocycles. The molecule has 0 saturated heterocycles. The Morgan fingerprint density at radius 3 is 2.48 bits per heavy atom. The minimum atomic E-state index is -0.227. The Kier molecular flexibility index (Phi) is 6.17. The zero-order valence-electron chi connectivity index (χ0n) is 14.8. The standard InChI is InChI=1S/C20H19N3O3S/c1-2-26-17-10-8-15(9-11-17)21-18(24)12-16-13-27-20(22-16)23-19(25)14-6-4-3-5-7-14/h3-11,13H,2,12H2,1H3,(H,21,24)(H,22,23,25). The predicted octanol–water partition coefficient (Wildman–Crippen LogP) is 3.98. The van der Waals surface area contributed by atoms with Crippen LogP contribution in [0.5, 0.6) is 5.75 Å². The number of benzene rings is 2. The molecule has 0 unspecified atom stereocenters. The van der Waals surface area contributed by atoms with E-state index in [1.165, 1.54) is 11.3 Å². The van der Waals surface area contributed by atoms with E-state index in [9.17, 15) is 9.59 Å². The molecule has 6 nitrogen and oxygen atoms in total. The minimum Gasteiger partial charge on any atom is -0.494 e. The van der Waals surface area contributed by atoms with E-state index < -0.39 is 0 Å². The second-order valence-electron chi connectivity index (χ2n) is 5.65. The molecule has 27 heavy (non-hydrogen) atoms. The first-order valence-electron chi connectivity index (χ1n) is 8.47. The summed E-state index contributed by atoms with van der Waals surface area (Å²) in [5.74, 6) is 0.356. The second kappa shape index (κ2) is 8.95. The van der Waals surface area contributed by atoms with Gasteiger partial charge in [0.15, 0.2) is 5.13 Å². The summed E-state index contributed by atoms with van der Waals surface area (Å²) >= 11 is 1.29. The van der Waals surface area contributed by atoms with Gasteiger partial charge in [-0.3, -0.25) is 14.9 Å². The van der Waals surface area contributed by atoms with Crippen LogP contribution in [0, 0.1) is 0 Å². The third kappa shape index (κ3) is 5.39. The number of carbonyl (C=O) groups excluding carboxylic acids is 2. The van der Waals surface area contributed by atoms with Gasteiger partial charge in [-0.05, 0) is 43.3 Å². The molecule has 0 aliphatic rings. The third-order valence-corrected chi connectivity index (χ3v) is 4.41. The van der Waals surface area contributed by atoms with Gasteiger partial charge in [-0.2, -0.15) is 0 Å². The molecule has 3 rings (SSSR count). The number of nitrogens with one attached hydrogen (secondary N) is 2. The van der Waals surface area contributed by atoms with E-state index in [0.717, 1.165) is 5.75 Å². The van der Waals surface area contributed by atoms with Crippen LogP contribution < -0.4 is 15.4 Å². The van der Waals surface area contributed by atoms with E-state index in [1.54, 1.807) is 53.9 Å². The minimum absolute atomic E-state index is 0.130. The summed E-state index contributed by atoms with van der Waals surface area (Å²) in [5.41, 5.74) is 1.85. The van der Waals surface area contributed by atoms with E-state index in [1.807, 2.05) is 13.0 Å². The first kappa shape index (κ1) is 18.6. The summed E-state index contributed by atoms with van der Waals surface area (Å²) < 4.78 is 5.37. The van der Waals surface area contributed by atoms with Gasteiger partial charge >= 0.3 is 0 Å². The first-order valence-corrected chi connectivity index (χ1v) is 9.35. The average Bonchev–Trinajstić information content (AvgIpc) is 3.11. The monoisotopic (exact) mass is 381 g/mol. The van der Waals surface area contributed by atoms with E-state index in [2.05, 4.69) is 15.6 Å². The van der Waals surface area contributed by atoms with Crippen molar-refractivity contribution >= 4 is 34.0 Å². The Morgan fingerprint density at radius 1 is 1.04 bits per heavy atom. The summed E-state index contributed by atoms with van der Waals surface area (Å²) in [4.78, 5) is 28.6. The molecule has 2 amide bonds. The van der Waals surface area contributed by atoms with Crippen LogP contribution in [0.15, 0.2) is 60.0 Å². The van der Waals surface area contributed by atoms with Crippen LogP contribution in [0.3, 0.4) is 0 Å². The van der Waals surface area contributed by atoms with Crippen molar-refractivity contribution in [3.63, 3.8) is 0 Å². The van der Waals surface area contributed by atoms with Gasteiger partial charge in [0.25, 0.3) is 5.91 Å². The number of rotatable bonds is 7. The molecule has 3 aromatic rings. The van der Waals surface area contributed by atoms with Gasteiger partial charge < -0.3 is 10.1 Å². The second-order valence-corrected chi connectivity index (χ2v) is 6.50. The topological polar surface area (TPSA) is 80.3 Å². The predicted molar refractivity (Wildman–Crippen MR) is 106 cm³/mol. The van der Waals surface area contributed by atoms with Gasteiger partial charge in [-0.15, -0.1) is 11.3 Å². The Hall–Kier alpha value is -3.19. The zero-order valence-corrected chi connectivity index (χ0v) is 15.6. The van der Waals surface area contributed by atoms with Crippen LogP contribution in [0.4, 0.5) is 10.8 Å². The SMILES string of the molecule is CCOc1ccc(NC(=O)Cc2csc(NC(=O)c3ccccc3)n2)cc1. The highest BCUT2D eigenvalue weighted by Crippen LogP contribution is 2.19. The van der Waals surface area contributed by atoms with Crippen LogP contribution in [-0.4, -0.2) is 23.4 Å². The summed E-state index contributed by atoms with van der Waals surface area (Å²) in [6.45, 7) is 2.51. The summed E-state index contributed by atoms with van der Waals surface area (Å²) in [5, 5.41) is 7.79. The highest BCUT2D eigenvalue weighted by Gasteiger charge is 2.11. The fraction of sp³-hybridized carbons (Fsp3) is 0.150. The zero-order chi connectivity index (χ0) is 19.1.